The van der Waals surface area contributed by atoms with Crippen LogP contribution in [0.5, 0.6) is 0 Å². The second-order valence-corrected chi connectivity index (χ2v) is 7.93. The van der Waals surface area contributed by atoms with Crippen LogP contribution in [0.4, 0.5) is 10.5 Å². The largest absolute Gasteiger partial charge is 0.444 e. The van der Waals surface area contributed by atoms with Crippen molar-refractivity contribution in [1.29, 1.82) is 0 Å². The smallest absolute Gasteiger partial charge is 0.407 e. The summed E-state index contributed by atoms with van der Waals surface area (Å²) in [6, 6.07) is 7.97. The van der Waals surface area contributed by atoms with E-state index in [4.69, 9.17) is 4.74 Å². The molecule has 1 fully saturated rings. The zero-order valence-electron chi connectivity index (χ0n) is 17.2. The highest BCUT2D eigenvalue weighted by Crippen LogP contribution is 2.21. The molecule has 1 aromatic rings. The standard InChI is InChI=1S/C21H33N3O3/c1-6-23(7-2)19(25)16-8-10-18(11-9-16)24-14-12-17(13-15-24)22-20(26)27-21(3,4)5/h8-11,17H,6-7,12-15H2,1-5H3,(H,22,26). The van der Waals surface area contributed by atoms with E-state index < -0.39 is 5.60 Å². The molecule has 0 unspecified atom stereocenters. The van der Waals surface area contributed by atoms with Crippen molar-refractivity contribution in [2.75, 3.05) is 31.1 Å². The molecule has 6 nitrogen and oxygen atoms in total. The van der Waals surface area contributed by atoms with Crippen molar-refractivity contribution in [1.82, 2.24) is 10.2 Å². The maximum atomic E-state index is 12.4. The first-order valence-corrected chi connectivity index (χ1v) is 9.87. The zero-order valence-corrected chi connectivity index (χ0v) is 17.2. The summed E-state index contributed by atoms with van der Waals surface area (Å²) in [5.41, 5.74) is 1.36. The molecule has 6 heteroatoms. The predicted octanol–water partition coefficient (Wildman–Crippen LogP) is 3.66. The van der Waals surface area contributed by atoms with Crippen LogP contribution in [0.1, 0.15) is 57.8 Å². The summed E-state index contributed by atoms with van der Waals surface area (Å²) in [6.07, 6.45) is 1.40. The van der Waals surface area contributed by atoms with Crippen LogP contribution >= 0.6 is 0 Å². The van der Waals surface area contributed by atoms with E-state index in [2.05, 4.69) is 10.2 Å². The first-order valence-electron chi connectivity index (χ1n) is 9.87. The van der Waals surface area contributed by atoms with Crippen molar-refractivity contribution in [2.24, 2.45) is 0 Å². The van der Waals surface area contributed by atoms with E-state index in [0.29, 0.717) is 0 Å². The van der Waals surface area contributed by atoms with Gasteiger partial charge in [0.2, 0.25) is 0 Å². The minimum Gasteiger partial charge on any atom is -0.444 e. The van der Waals surface area contributed by atoms with Gasteiger partial charge < -0.3 is 19.9 Å². The van der Waals surface area contributed by atoms with Crippen LogP contribution in [0.2, 0.25) is 0 Å². The lowest BCUT2D eigenvalue weighted by molar-refractivity contribution is 0.0497. The van der Waals surface area contributed by atoms with Crippen molar-refractivity contribution in [3.63, 3.8) is 0 Å². The Balaban J connectivity index is 1.87. The van der Waals surface area contributed by atoms with Crippen LogP contribution in [0, 0.1) is 0 Å². The Morgan fingerprint density at radius 2 is 1.67 bits per heavy atom. The molecule has 0 spiro atoms. The number of carbonyl (C=O) groups is 2. The predicted molar refractivity (Wildman–Crippen MR) is 108 cm³/mol. The third kappa shape index (κ3) is 6.15. The lowest BCUT2D eigenvalue weighted by Crippen LogP contribution is -2.46. The maximum absolute atomic E-state index is 12.4. The number of ether oxygens (including phenoxy) is 1. The van der Waals surface area contributed by atoms with Crippen LogP contribution in [0.15, 0.2) is 24.3 Å². The van der Waals surface area contributed by atoms with Crippen LogP contribution < -0.4 is 10.2 Å². The first-order chi connectivity index (χ1) is 12.7. The molecule has 27 heavy (non-hydrogen) atoms. The SMILES string of the molecule is CCN(CC)C(=O)c1ccc(N2CCC(NC(=O)OC(C)(C)C)CC2)cc1. The van der Waals surface area contributed by atoms with E-state index in [1.807, 2.05) is 63.8 Å². The molecule has 1 heterocycles. The third-order valence-electron chi connectivity index (χ3n) is 4.75. The molecule has 1 N–H and O–H groups in total. The lowest BCUT2D eigenvalue weighted by atomic mass is 10.0. The van der Waals surface area contributed by atoms with Gasteiger partial charge in [0.25, 0.3) is 5.91 Å². The van der Waals surface area contributed by atoms with Crippen molar-refractivity contribution in [3.05, 3.63) is 29.8 Å². The van der Waals surface area contributed by atoms with E-state index in [-0.39, 0.29) is 18.0 Å². The molecule has 150 valence electrons. The molecule has 0 aliphatic carbocycles. The number of benzene rings is 1. The van der Waals surface area contributed by atoms with Gasteiger partial charge in [-0.15, -0.1) is 0 Å². The average molecular weight is 376 g/mol. The van der Waals surface area contributed by atoms with Crippen molar-refractivity contribution in [2.45, 2.75) is 59.1 Å². The van der Waals surface area contributed by atoms with Gasteiger partial charge in [0.1, 0.15) is 5.60 Å². The quantitative estimate of drug-likeness (QED) is 0.853. The van der Waals surface area contributed by atoms with Gasteiger partial charge in [-0.2, -0.15) is 0 Å². The molecule has 0 radical (unpaired) electrons. The summed E-state index contributed by atoms with van der Waals surface area (Å²) in [4.78, 5) is 28.4. The number of rotatable bonds is 5. The Morgan fingerprint density at radius 1 is 1.11 bits per heavy atom. The second kappa shape index (κ2) is 9.11. The molecule has 0 aromatic heterocycles. The summed E-state index contributed by atoms with van der Waals surface area (Å²) in [5, 5.41) is 2.96. The molecule has 1 saturated heterocycles. The number of carbonyl (C=O) groups excluding carboxylic acids is 2. The summed E-state index contributed by atoms with van der Waals surface area (Å²) >= 11 is 0. The summed E-state index contributed by atoms with van der Waals surface area (Å²) in [7, 11) is 0. The third-order valence-corrected chi connectivity index (χ3v) is 4.75. The molecular formula is C21H33N3O3. The van der Waals surface area contributed by atoms with Gasteiger partial charge in [0.05, 0.1) is 0 Å². The maximum Gasteiger partial charge on any atom is 0.407 e. The van der Waals surface area contributed by atoms with Crippen molar-refractivity contribution in [3.8, 4) is 0 Å². The first kappa shape index (κ1) is 21.1. The lowest BCUT2D eigenvalue weighted by Gasteiger charge is -2.34. The van der Waals surface area contributed by atoms with Crippen LogP contribution in [-0.4, -0.2) is 54.7 Å². The van der Waals surface area contributed by atoms with Crippen molar-refractivity contribution >= 4 is 17.7 Å². The van der Waals surface area contributed by atoms with Gasteiger partial charge >= 0.3 is 6.09 Å². The monoisotopic (exact) mass is 375 g/mol. The minimum atomic E-state index is -0.477. The molecular weight excluding hydrogens is 342 g/mol. The normalized spacial score (nSPS) is 15.4. The van der Waals surface area contributed by atoms with Gasteiger partial charge in [-0.25, -0.2) is 4.79 Å². The van der Waals surface area contributed by atoms with E-state index >= 15 is 0 Å². The summed E-state index contributed by atoms with van der Waals surface area (Å²) in [5.74, 6) is 0.0758. The van der Waals surface area contributed by atoms with E-state index in [9.17, 15) is 9.59 Å². The molecule has 1 aromatic carbocycles. The number of hydrogen-bond donors (Lipinski definition) is 1. The minimum absolute atomic E-state index is 0.0758. The van der Waals surface area contributed by atoms with Crippen LogP contribution in [0.3, 0.4) is 0 Å². The fourth-order valence-electron chi connectivity index (χ4n) is 3.26. The highest BCUT2D eigenvalue weighted by atomic mass is 16.6. The number of amides is 2. The van der Waals surface area contributed by atoms with Gasteiger partial charge in [0, 0.05) is 43.5 Å². The van der Waals surface area contributed by atoms with E-state index in [1.165, 1.54) is 0 Å². The molecule has 2 rings (SSSR count). The van der Waals surface area contributed by atoms with E-state index in [0.717, 1.165) is 50.3 Å². The molecule has 1 aliphatic rings. The van der Waals surface area contributed by atoms with Gasteiger partial charge in [0.15, 0.2) is 0 Å². The highest BCUT2D eigenvalue weighted by Gasteiger charge is 2.24. The Hall–Kier alpha value is -2.24. The molecule has 1 aliphatic heterocycles. The Kier molecular flexibility index (Phi) is 7.11. The Labute approximate surface area is 162 Å². The molecule has 0 bridgehead atoms. The van der Waals surface area contributed by atoms with Crippen LogP contribution in [0.25, 0.3) is 0 Å². The topological polar surface area (TPSA) is 61.9 Å². The van der Waals surface area contributed by atoms with Gasteiger partial charge in [-0.05, 0) is 71.7 Å². The zero-order chi connectivity index (χ0) is 20.0. The Bertz CT molecular complexity index is 625. The molecule has 0 atom stereocenters. The molecule has 0 saturated carbocycles. The number of piperidine rings is 1. The summed E-state index contributed by atoms with van der Waals surface area (Å²) in [6.45, 7) is 12.7. The van der Waals surface area contributed by atoms with Gasteiger partial charge in [-0.3, -0.25) is 4.79 Å². The van der Waals surface area contributed by atoms with E-state index in [1.54, 1.807) is 0 Å². The summed E-state index contributed by atoms with van der Waals surface area (Å²) < 4.78 is 5.33. The van der Waals surface area contributed by atoms with Crippen molar-refractivity contribution < 1.29 is 14.3 Å². The number of anilines is 1. The number of nitrogens with zero attached hydrogens (tertiary/aromatic N) is 2. The highest BCUT2D eigenvalue weighted by molar-refractivity contribution is 5.94. The fourth-order valence-corrected chi connectivity index (χ4v) is 3.26. The number of alkyl carbamates (subject to hydrolysis) is 1. The fraction of sp³-hybridized carbons (Fsp3) is 0.619. The Morgan fingerprint density at radius 3 is 2.15 bits per heavy atom. The number of hydrogen-bond acceptors (Lipinski definition) is 4. The molecule has 2 amide bonds. The second-order valence-electron chi connectivity index (χ2n) is 7.93. The van der Waals surface area contributed by atoms with Crippen LogP contribution in [-0.2, 0) is 4.74 Å². The average Bonchev–Trinajstić information content (AvgIpc) is 2.62. The van der Waals surface area contributed by atoms with Gasteiger partial charge in [-0.1, -0.05) is 0 Å². The number of nitrogens with one attached hydrogen (secondary N) is 1.